The van der Waals surface area contributed by atoms with Crippen LogP contribution in [0.25, 0.3) is 0 Å². The SMILES string of the molecule is CC(C)CC(N=C1NS(=O)(=O)c2ccccc21)C(=O)NC(C)c1ccccc1Br. The fourth-order valence-corrected chi connectivity index (χ4v) is 5.13. The third-order valence-electron chi connectivity index (χ3n) is 4.68. The molecule has 8 heteroatoms. The van der Waals surface area contributed by atoms with Gasteiger partial charge in [-0.25, -0.2) is 8.42 Å². The highest BCUT2D eigenvalue weighted by Gasteiger charge is 2.32. The van der Waals surface area contributed by atoms with Gasteiger partial charge in [0.05, 0.1) is 10.9 Å². The molecule has 6 nitrogen and oxygen atoms in total. The molecule has 1 heterocycles. The third-order valence-corrected chi connectivity index (χ3v) is 6.79. The predicted molar refractivity (Wildman–Crippen MR) is 117 cm³/mol. The molecule has 2 unspecified atom stereocenters. The molecule has 1 amide bonds. The molecule has 1 aliphatic rings. The second-order valence-corrected chi connectivity index (χ2v) is 9.98. The lowest BCUT2D eigenvalue weighted by atomic mass is 10.0. The molecule has 0 bridgehead atoms. The number of halogens is 1. The lowest BCUT2D eigenvalue weighted by Crippen LogP contribution is -2.37. The second-order valence-electron chi connectivity index (χ2n) is 7.48. The van der Waals surface area contributed by atoms with Crippen molar-refractivity contribution in [3.05, 3.63) is 64.1 Å². The van der Waals surface area contributed by atoms with E-state index in [9.17, 15) is 13.2 Å². The summed E-state index contributed by atoms with van der Waals surface area (Å²) >= 11 is 3.51. The van der Waals surface area contributed by atoms with Gasteiger partial charge in [0.25, 0.3) is 10.0 Å². The van der Waals surface area contributed by atoms with Gasteiger partial charge in [-0.3, -0.25) is 14.5 Å². The van der Waals surface area contributed by atoms with Crippen molar-refractivity contribution in [3.63, 3.8) is 0 Å². The maximum Gasteiger partial charge on any atom is 0.263 e. The quantitative estimate of drug-likeness (QED) is 0.663. The van der Waals surface area contributed by atoms with Gasteiger partial charge >= 0.3 is 0 Å². The number of amidine groups is 1. The van der Waals surface area contributed by atoms with Gasteiger partial charge in [0, 0.05) is 10.0 Å². The summed E-state index contributed by atoms with van der Waals surface area (Å²) in [5.41, 5.74) is 1.46. The molecule has 1 aliphatic heterocycles. The van der Waals surface area contributed by atoms with E-state index >= 15 is 0 Å². The zero-order chi connectivity index (χ0) is 21.2. The number of nitrogens with one attached hydrogen (secondary N) is 2. The molecule has 3 rings (SSSR count). The fourth-order valence-electron chi connectivity index (χ4n) is 3.26. The molecule has 2 atom stereocenters. The molecule has 0 fully saturated rings. The van der Waals surface area contributed by atoms with Crippen molar-refractivity contribution in [2.75, 3.05) is 0 Å². The van der Waals surface area contributed by atoms with Crippen LogP contribution in [0.4, 0.5) is 0 Å². The van der Waals surface area contributed by atoms with Crippen LogP contribution in [0, 0.1) is 5.92 Å². The van der Waals surface area contributed by atoms with E-state index in [4.69, 9.17) is 0 Å². The predicted octanol–water partition coefficient (Wildman–Crippen LogP) is 3.78. The number of carbonyl (C=O) groups excluding carboxylic acids is 1. The zero-order valence-corrected chi connectivity index (χ0v) is 18.9. The Hall–Kier alpha value is -2.19. The monoisotopic (exact) mass is 477 g/mol. The maximum absolute atomic E-state index is 13.0. The first-order valence-electron chi connectivity index (χ1n) is 9.44. The summed E-state index contributed by atoms with van der Waals surface area (Å²) in [6.45, 7) is 5.92. The van der Waals surface area contributed by atoms with Crippen LogP contribution in [0.3, 0.4) is 0 Å². The van der Waals surface area contributed by atoms with Crippen LogP contribution in [0.5, 0.6) is 0 Å². The number of benzene rings is 2. The van der Waals surface area contributed by atoms with Crippen LogP contribution >= 0.6 is 15.9 Å². The molecule has 0 spiro atoms. The van der Waals surface area contributed by atoms with Gasteiger partial charge in [-0.15, -0.1) is 0 Å². The Balaban J connectivity index is 1.88. The van der Waals surface area contributed by atoms with Crippen LogP contribution in [0.2, 0.25) is 0 Å². The number of rotatable bonds is 6. The lowest BCUT2D eigenvalue weighted by molar-refractivity contribution is -0.123. The standard InChI is InChI=1S/C21H24BrN3O3S/c1-13(2)12-18(21(26)23-14(3)15-8-4-6-10-17(15)22)24-20-16-9-5-7-11-19(16)29(27,28)25-20/h4-11,13-14,18H,12H2,1-3H3,(H,23,26)(H,24,25). The Morgan fingerprint density at radius 1 is 1.10 bits per heavy atom. The average molecular weight is 478 g/mol. The van der Waals surface area contributed by atoms with E-state index in [1.165, 1.54) is 6.07 Å². The van der Waals surface area contributed by atoms with Gasteiger partial charge in [-0.1, -0.05) is 60.1 Å². The highest BCUT2D eigenvalue weighted by Crippen LogP contribution is 2.25. The number of hydrogen-bond donors (Lipinski definition) is 2. The Morgan fingerprint density at radius 3 is 2.45 bits per heavy atom. The first-order chi connectivity index (χ1) is 13.7. The minimum Gasteiger partial charge on any atom is -0.348 e. The topological polar surface area (TPSA) is 87.6 Å². The lowest BCUT2D eigenvalue weighted by Gasteiger charge is -2.20. The molecule has 0 saturated heterocycles. The van der Waals surface area contributed by atoms with Crippen LogP contribution < -0.4 is 10.0 Å². The van der Waals surface area contributed by atoms with E-state index in [1.807, 2.05) is 45.0 Å². The second kappa shape index (κ2) is 8.67. The van der Waals surface area contributed by atoms with E-state index in [2.05, 4.69) is 31.0 Å². The largest absolute Gasteiger partial charge is 0.348 e. The van der Waals surface area contributed by atoms with Gasteiger partial charge in [-0.05, 0) is 43.0 Å². The molecule has 0 aliphatic carbocycles. The minimum atomic E-state index is -3.64. The van der Waals surface area contributed by atoms with E-state index in [0.717, 1.165) is 10.0 Å². The number of sulfonamides is 1. The Bertz CT molecular complexity index is 1050. The number of fused-ring (bicyclic) bond motifs is 1. The van der Waals surface area contributed by atoms with Crippen LogP contribution in [-0.2, 0) is 14.8 Å². The van der Waals surface area contributed by atoms with Crippen molar-refractivity contribution in [2.24, 2.45) is 10.9 Å². The van der Waals surface area contributed by atoms with Gasteiger partial charge in [0.15, 0.2) is 0 Å². The molecular formula is C21H24BrN3O3S. The minimum absolute atomic E-state index is 0.184. The van der Waals surface area contributed by atoms with E-state index < -0.39 is 16.1 Å². The van der Waals surface area contributed by atoms with Crippen molar-refractivity contribution < 1.29 is 13.2 Å². The Kier molecular flexibility index (Phi) is 6.43. The van der Waals surface area contributed by atoms with Gasteiger partial charge < -0.3 is 5.32 Å². The van der Waals surface area contributed by atoms with Crippen molar-refractivity contribution in [3.8, 4) is 0 Å². The van der Waals surface area contributed by atoms with Gasteiger partial charge in [0.1, 0.15) is 11.9 Å². The molecule has 0 aromatic heterocycles. The summed E-state index contributed by atoms with van der Waals surface area (Å²) in [5.74, 6) is 0.190. The average Bonchev–Trinajstić information content (AvgIpc) is 2.91. The highest BCUT2D eigenvalue weighted by atomic mass is 79.9. The van der Waals surface area contributed by atoms with E-state index in [0.29, 0.717) is 12.0 Å². The van der Waals surface area contributed by atoms with Crippen LogP contribution in [0.15, 0.2) is 62.9 Å². The molecule has 2 aromatic carbocycles. The summed E-state index contributed by atoms with van der Waals surface area (Å²) in [6, 6.07) is 13.4. The summed E-state index contributed by atoms with van der Waals surface area (Å²) < 4.78 is 28.1. The molecule has 0 saturated carbocycles. The molecule has 2 N–H and O–H groups in total. The highest BCUT2D eigenvalue weighted by molar-refractivity contribution is 9.10. The van der Waals surface area contributed by atoms with Crippen LogP contribution in [0.1, 0.15) is 44.4 Å². The summed E-state index contributed by atoms with van der Waals surface area (Å²) in [7, 11) is -3.64. The number of hydrogen-bond acceptors (Lipinski definition) is 4. The van der Waals surface area contributed by atoms with Gasteiger partial charge in [0.2, 0.25) is 5.91 Å². The first kappa shape index (κ1) is 21.5. The molecule has 2 aromatic rings. The number of amides is 1. The molecule has 29 heavy (non-hydrogen) atoms. The smallest absolute Gasteiger partial charge is 0.263 e. The van der Waals surface area contributed by atoms with E-state index in [-0.39, 0.29) is 28.6 Å². The van der Waals surface area contributed by atoms with Crippen molar-refractivity contribution in [2.45, 2.75) is 44.2 Å². The number of aliphatic imine (C=N–C) groups is 1. The zero-order valence-electron chi connectivity index (χ0n) is 16.5. The van der Waals surface area contributed by atoms with Gasteiger partial charge in [-0.2, -0.15) is 0 Å². The maximum atomic E-state index is 13.0. The van der Waals surface area contributed by atoms with Crippen molar-refractivity contribution in [1.82, 2.24) is 10.0 Å². The molecular weight excluding hydrogens is 454 g/mol. The Morgan fingerprint density at radius 2 is 1.76 bits per heavy atom. The van der Waals surface area contributed by atoms with Crippen LogP contribution in [-0.4, -0.2) is 26.2 Å². The van der Waals surface area contributed by atoms with E-state index in [1.54, 1.807) is 18.2 Å². The fraction of sp³-hybridized carbons (Fsp3) is 0.333. The summed E-state index contributed by atoms with van der Waals surface area (Å²) in [6.07, 6.45) is 0.502. The molecule has 154 valence electrons. The third kappa shape index (κ3) is 4.87. The number of carbonyl (C=O) groups is 1. The molecule has 0 radical (unpaired) electrons. The first-order valence-corrected chi connectivity index (χ1v) is 11.7. The van der Waals surface area contributed by atoms with Crippen molar-refractivity contribution >= 4 is 37.7 Å². The van der Waals surface area contributed by atoms with Crippen molar-refractivity contribution in [1.29, 1.82) is 0 Å². The summed E-state index contributed by atoms with van der Waals surface area (Å²) in [4.78, 5) is 17.7. The Labute approximate surface area is 180 Å². The normalized spacial score (nSPS) is 18.2. The summed E-state index contributed by atoms with van der Waals surface area (Å²) in [5, 5.41) is 3.01. The number of nitrogens with zero attached hydrogens (tertiary/aromatic N) is 1.